The summed E-state index contributed by atoms with van der Waals surface area (Å²) in [5, 5.41) is 1.08. The Bertz CT molecular complexity index is 1570. The lowest BCUT2D eigenvalue weighted by molar-refractivity contribution is -0.122. The number of anilines is 1. The van der Waals surface area contributed by atoms with Crippen molar-refractivity contribution in [1.82, 2.24) is 4.98 Å². The van der Waals surface area contributed by atoms with Crippen molar-refractivity contribution in [3.63, 3.8) is 0 Å². The van der Waals surface area contributed by atoms with E-state index in [1.54, 1.807) is 36.4 Å². The molecule has 2 amide bonds. The van der Waals surface area contributed by atoms with Crippen molar-refractivity contribution in [3.8, 4) is 5.75 Å². The number of ether oxygens (including phenoxy) is 1. The Labute approximate surface area is 230 Å². The number of thiazole rings is 1. The number of imide groups is 1. The Morgan fingerprint density at radius 3 is 2.27 bits per heavy atom. The normalized spacial score (nSPS) is 20.6. The van der Waals surface area contributed by atoms with E-state index in [2.05, 4.69) is 4.98 Å². The summed E-state index contributed by atoms with van der Waals surface area (Å²) in [6, 6.07) is 21.5. The zero-order valence-electron chi connectivity index (χ0n) is 19.0. The average Bonchev–Trinajstić information content (AvgIpc) is 3.39. The van der Waals surface area contributed by atoms with Crippen molar-refractivity contribution in [3.05, 3.63) is 109 Å². The maximum Gasteiger partial charge on any atom is 0.305 e. The average molecular weight is 569 g/mol. The van der Waals surface area contributed by atoms with E-state index < -0.39 is 17.1 Å². The Balaban J connectivity index is 1.41. The molecule has 2 aliphatic rings. The zero-order chi connectivity index (χ0) is 25.7. The number of rotatable bonds is 5. The van der Waals surface area contributed by atoms with E-state index in [0.717, 1.165) is 27.3 Å². The third kappa shape index (κ3) is 4.38. The minimum absolute atomic E-state index is 0.225. The molecule has 0 radical (unpaired) electrons. The van der Waals surface area contributed by atoms with Gasteiger partial charge >= 0.3 is 4.87 Å². The number of hydrogen-bond donors (Lipinski definition) is 1. The van der Waals surface area contributed by atoms with Gasteiger partial charge in [0.2, 0.25) is 11.8 Å². The third-order valence-electron chi connectivity index (χ3n) is 6.47. The summed E-state index contributed by atoms with van der Waals surface area (Å²) in [5.41, 5.74) is 2.16. The molecule has 3 unspecified atom stereocenters. The quantitative estimate of drug-likeness (QED) is 0.293. The van der Waals surface area contributed by atoms with E-state index in [1.165, 1.54) is 16.7 Å². The number of thioether (sulfide) groups is 1. The van der Waals surface area contributed by atoms with Crippen LogP contribution in [-0.4, -0.2) is 22.0 Å². The lowest BCUT2D eigenvalue weighted by atomic mass is 9.82. The molecule has 1 aromatic heterocycles. The molecule has 6 rings (SSSR count). The molecule has 2 aliphatic heterocycles. The van der Waals surface area contributed by atoms with Gasteiger partial charge in [-0.15, -0.1) is 0 Å². The summed E-state index contributed by atoms with van der Waals surface area (Å²) in [6.45, 7) is 0.295. The van der Waals surface area contributed by atoms with Crippen LogP contribution in [0.5, 0.6) is 5.75 Å². The molecule has 0 saturated carbocycles. The molecule has 1 N–H and O–H groups in total. The van der Waals surface area contributed by atoms with Crippen LogP contribution in [0, 0.1) is 5.92 Å². The highest BCUT2D eigenvalue weighted by molar-refractivity contribution is 8.00. The highest BCUT2D eigenvalue weighted by Gasteiger charge is 2.56. The topological polar surface area (TPSA) is 79.5 Å². The number of para-hydroxylation sites is 1. The van der Waals surface area contributed by atoms with Crippen molar-refractivity contribution < 1.29 is 14.3 Å². The van der Waals surface area contributed by atoms with E-state index in [-0.39, 0.29) is 16.7 Å². The van der Waals surface area contributed by atoms with E-state index >= 15 is 0 Å². The van der Waals surface area contributed by atoms with Gasteiger partial charge in [0, 0.05) is 26.4 Å². The molecule has 10 heteroatoms. The van der Waals surface area contributed by atoms with Crippen LogP contribution >= 0.6 is 46.3 Å². The molecule has 186 valence electrons. The van der Waals surface area contributed by atoms with E-state index in [9.17, 15) is 14.4 Å². The van der Waals surface area contributed by atoms with Crippen molar-refractivity contribution in [2.45, 2.75) is 22.8 Å². The lowest BCUT2D eigenvalue weighted by Crippen LogP contribution is -2.32. The largest absolute Gasteiger partial charge is 0.489 e. The van der Waals surface area contributed by atoms with Crippen LogP contribution in [-0.2, 0) is 16.2 Å². The van der Waals surface area contributed by atoms with Gasteiger partial charge in [0.1, 0.15) is 17.6 Å². The summed E-state index contributed by atoms with van der Waals surface area (Å²) in [4.78, 5) is 44.4. The number of amides is 2. The van der Waals surface area contributed by atoms with Crippen molar-refractivity contribution in [2.24, 2.45) is 5.92 Å². The highest BCUT2D eigenvalue weighted by atomic mass is 35.5. The van der Waals surface area contributed by atoms with Gasteiger partial charge in [-0.1, -0.05) is 76.6 Å². The summed E-state index contributed by atoms with van der Waals surface area (Å²) in [6.07, 6.45) is 0. The fourth-order valence-electron chi connectivity index (χ4n) is 4.81. The Kier molecular flexibility index (Phi) is 6.36. The standard InChI is InChI=1S/C27H18Cl2N2O4S2/c28-15-7-5-14(6-8-15)13-35-19-4-2-1-3-18(19)20-21-23(36-24-22(20)37-27(34)30-24)26(33)31(25(21)32)17-11-9-16(29)10-12-17/h1-12,20-21,23H,13H2,(H,30,34). The Hall–Kier alpha value is -3.04. The fraction of sp³-hybridized carbons (Fsp3) is 0.148. The first-order valence-electron chi connectivity index (χ1n) is 11.4. The van der Waals surface area contributed by atoms with Gasteiger partial charge in [-0.3, -0.25) is 14.4 Å². The molecule has 1 fully saturated rings. The SMILES string of the molecule is O=C1C2Sc3[nH]c(=O)sc3C(c3ccccc3OCc3ccc(Cl)cc3)C2C(=O)N1c1ccc(Cl)cc1. The number of nitrogens with one attached hydrogen (secondary N) is 1. The second-order valence-electron chi connectivity index (χ2n) is 8.69. The molecule has 3 atom stereocenters. The number of nitrogens with zero attached hydrogens (tertiary/aromatic N) is 1. The third-order valence-corrected chi connectivity index (χ3v) is 9.38. The number of aromatic amines is 1. The molecular weight excluding hydrogens is 551 g/mol. The lowest BCUT2D eigenvalue weighted by Gasteiger charge is -2.30. The molecule has 3 aromatic carbocycles. The number of halogens is 2. The molecule has 37 heavy (non-hydrogen) atoms. The predicted molar refractivity (Wildman–Crippen MR) is 146 cm³/mol. The smallest absolute Gasteiger partial charge is 0.305 e. The molecule has 1 saturated heterocycles. The number of aromatic nitrogens is 1. The molecular formula is C27H18Cl2N2O4S2. The van der Waals surface area contributed by atoms with Crippen LogP contribution in [0.25, 0.3) is 0 Å². The Morgan fingerprint density at radius 1 is 0.865 bits per heavy atom. The molecule has 0 aliphatic carbocycles. The summed E-state index contributed by atoms with van der Waals surface area (Å²) >= 11 is 14.3. The van der Waals surface area contributed by atoms with Gasteiger partial charge in [-0.05, 0) is 48.0 Å². The number of fused-ring (bicyclic) bond motifs is 2. The molecule has 3 heterocycles. The number of hydrogen-bond acceptors (Lipinski definition) is 6. The van der Waals surface area contributed by atoms with Gasteiger partial charge in [0.15, 0.2) is 0 Å². The second-order valence-corrected chi connectivity index (χ2v) is 11.7. The minimum atomic E-state index is -0.701. The molecule has 6 nitrogen and oxygen atoms in total. The van der Waals surface area contributed by atoms with Crippen LogP contribution in [0.2, 0.25) is 10.0 Å². The van der Waals surface area contributed by atoms with Gasteiger partial charge in [-0.25, -0.2) is 4.90 Å². The van der Waals surface area contributed by atoms with Crippen molar-refractivity contribution in [1.29, 1.82) is 0 Å². The maximum absolute atomic E-state index is 13.9. The second kappa shape index (κ2) is 9.68. The summed E-state index contributed by atoms with van der Waals surface area (Å²) in [5.74, 6) is -1.27. The first-order valence-corrected chi connectivity index (χ1v) is 13.8. The first kappa shape index (κ1) is 24.3. The van der Waals surface area contributed by atoms with Crippen LogP contribution in [0.4, 0.5) is 5.69 Å². The predicted octanol–water partition coefficient (Wildman–Crippen LogP) is 6.12. The van der Waals surface area contributed by atoms with Gasteiger partial charge < -0.3 is 9.72 Å². The van der Waals surface area contributed by atoms with Crippen molar-refractivity contribution in [2.75, 3.05) is 4.90 Å². The number of H-pyrrole nitrogens is 1. The van der Waals surface area contributed by atoms with Crippen molar-refractivity contribution >= 4 is 63.8 Å². The monoisotopic (exact) mass is 568 g/mol. The van der Waals surface area contributed by atoms with Crippen LogP contribution in [0.3, 0.4) is 0 Å². The number of carbonyl (C=O) groups is 2. The number of carbonyl (C=O) groups excluding carboxylic acids is 2. The van der Waals surface area contributed by atoms with Gasteiger partial charge in [0.25, 0.3) is 0 Å². The zero-order valence-corrected chi connectivity index (χ0v) is 22.2. The fourth-order valence-corrected chi connectivity index (χ4v) is 7.57. The highest BCUT2D eigenvalue weighted by Crippen LogP contribution is 2.54. The van der Waals surface area contributed by atoms with E-state index in [4.69, 9.17) is 27.9 Å². The molecule has 0 bridgehead atoms. The van der Waals surface area contributed by atoms with Gasteiger partial charge in [0.05, 0.1) is 16.6 Å². The first-order chi connectivity index (χ1) is 17.9. The van der Waals surface area contributed by atoms with Crippen LogP contribution in [0.1, 0.15) is 21.9 Å². The van der Waals surface area contributed by atoms with Gasteiger partial charge in [-0.2, -0.15) is 0 Å². The Morgan fingerprint density at radius 2 is 1.54 bits per heavy atom. The molecule has 0 spiro atoms. The summed E-state index contributed by atoms with van der Waals surface area (Å²) in [7, 11) is 0. The minimum Gasteiger partial charge on any atom is -0.489 e. The van der Waals surface area contributed by atoms with E-state index in [1.807, 2.05) is 36.4 Å². The number of benzene rings is 3. The molecule has 4 aromatic rings. The van der Waals surface area contributed by atoms with Crippen LogP contribution < -0.4 is 14.5 Å². The van der Waals surface area contributed by atoms with E-state index in [0.29, 0.717) is 33.1 Å². The maximum atomic E-state index is 13.9. The van der Waals surface area contributed by atoms with Crippen LogP contribution in [0.15, 0.2) is 82.6 Å². The summed E-state index contributed by atoms with van der Waals surface area (Å²) < 4.78 is 6.22.